The number of hydrogen-bond acceptors (Lipinski definition) is 6. The lowest BCUT2D eigenvalue weighted by molar-refractivity contribution is 0.179. The Labute approximate surface area is 196 Å². The van der Waals surface area contributed by atoms with E-state index in [9.17, 15) is 8.42 Å². The lowest BCUT2D eigenvalue weighted by atomic mass is 10.1. The molecule has 0 N–H and O–H groups in total. The number of hydrogen-bond donors (Lipinski definition) is 0. The highest BCUT2D eigenvalue weighted by Gasteiger charge is 2.29. The maximum absolute atomic E-state index is 13.1. The van der Waals surface area contributed by atoms with Crippen LogP contribution in [-0.2, 0) is 16.6 Å². The van der Waals surface area contributed by atoms with Crippen molar-refractivity contribution in [2.45, 2.75) is 39.1 Å². The number of nitrogens with zero attached hydrogens (tertiary/aromatic N) is 3. The fourth-order valence-electron chi connectivity index (χ4n) is 3.92. The monoisotopic (exact) mass is 469 g/mol. The molecule has 0 saturated carbocycles. The first kappa shape index (κ1) is 23.5. The summed E-state index contributed by atoms with van der Waals surface area (Å²) in [5.41, 5.74) is 3.85. The fraction of sp³-hybridized carbons (Fsp3) is 0.400. The second kappa shape index (κ2) is 9.67. The van der Waals surface area contributed by atoms with E-state index in [1.165, 1.54) is 0 Å². The Balaban J connectivity index is 1.39. The third kappa shape index (κ3) is 5.13. The third-order valence-corrected chi connectivity index (χ3v) is 8.02. The minimum atomic E-state index is -3.48. The minimum Gasteiger partial charge on any atom is -0.494 e. The Morgan fingerprint density at radius 2 is 1.67 bits per heavy atom. The van der Waals surface area contributed by atoms with Gasteiger partial charge in [0.2, 0.25) is 15.9 Å². The SMILES string of the molecule is CCOc1ccc(-c2nc(CN3CCN(S(=O)(=O)c4ccc(C)c(C)c4)CC3)c(C)o2)cc1. The van der Waals surface area contributed by atoms with Crippen LogP contribution in [0.5, 0.6) is 5.75 Å². The van der Waals surface area contributed by atoms with Crippen LogP contribution in [0.3, 0.4) is 0 Å². The molecule has 4 rings (SSSR count). The Morgan fingerprint density at radius 3 is 2.30 bits per heavy atom. The van der Waals surface area contributed by atoms with Gasteiger partial charge >= 0.3 is 0 Å². The number of benzene rings is 2. The molecule has 0 bridgehead atoms. The van der Waals surface area contributed by atoms with Crippen LogP contribution in [0.2, 0.25) is 0 Å². The summed E-state index contributed by atoms with van der Waals surface area (Å²) in [4.78, 5) is 7.29. The summed E-state index contributed by atoms with van der Waals surface area (Å²) in [6, 6.07) is 13.0. The molecule has 7 nitrogen and oxygen atoms in total. The fourth-order valence-corrected chi connectivity index (χ4v) is 5.43. The van der Waals surface area contributed by atoms with Crippen LogP contribution in [0.1, 0.15) is 29.5 Å². The molecule has 2 heterocycles. The Hall–Kier alpha value is -2.68. The molecule has 1 aliphatic heterocycles. The number of aryl methyl sites for hydroxylation is 3. The van der Waals surface area contributed by atoms with E-state index in [0.717, 1.165) is 33.9 Å². The van der Waals surface area contributed by atoms with Gasteiger partial charge < -0.3 is 9.15 Å². The summed E-state index contributed by atoms with van der Waals surface area (Å²) in [5.74, 6) is 2.18. The summed E-state index contributed by atoms with van der Waals surface area (Å²) < 4.78 is 39.1. The largest absolute Gasteiger partial charge is 0.494 e. The van der Waals surface area contributed by atoms with Crippen molar-refractivity contribution in [1.82, 2.24) is 14.2 Å². The van der Waals surface area contributed by atoms with E-state index < -0.39 is 10.0 Å². The second-order valence-corrected chi connectivity index (χ2v) is 10.3. The minimum absolute atomic E-state index is 0.367. The first-order valence-corrected chi connectivity index (χ1v) is 12.7. The Kier molecular flexibility index (Phi) is 6.88. The average Bonchev–Trinajstić information content (AvgIpc) is 3.17. The molecule has 1 fully saturated rings. The van der Waals surface area contributed by atoms with Crippen LogP contribution in [0.15, 0.2) is 51.8 Å². The van der Waals surface area contributed by atoms with Crippen molar-refractivity contribution in [2.24, 2.45) is 0 Å². The molecular formula is C25H31N3O4S. The molecule has 1 aromatic heterocycles. The molecule has 2 aromatic carbocycles. The van der Waals surface area contributed by atoms with Crippen molar-refractivity contribution in [2.75, 3.05) is 32.8 Å². The molecule has 0 aliphatic carbocycles. The molecule has 8 heteroatoms. The maximum Gasteiger partial charge on any atom is 0.243 e. The number of aromatic nitrogens is 1. The maximum atomic E-state index is 13.1. The van der Waals surface area contributed by atoms with Gasteiger partial charge in [-0.3, -0.25) is 4.90 Å². The second-order valence-electron chi connectivity index (χ2n) is 8.41. The quantitative estimate of drug-likeness (QED) is 0.517. The first-order chi connectivity index (χ1) is 15.8. The number of oxazole rings is 1. The number of rotatable bonds is 7. The van der Waals surface area contributed by atoms with E-state index in [0.29, 0.717) is 50.1 Å². The highest BCUT2D eigenvalue weighted by Crippen LogP contribution is 2.26. The van der Waals surface area contributed by atoms with Gasteiger partial charge in [0.15, 0.2) is 0 Å². The summed E-state index contributed by atoms with van der Waals surface area (Å²) in [5, 5.41) is 0. The van der Waals surface area contributed by atoms with Crippen molar-refractivity contribution < 1.29 is 17.6 Å². The van der Waals surface area contributed by atoms with E-state index in [1.807, 2.05) is 58.0 Å². The average molecular weight is 470 g/mol. The van der Waals surface area contributed by atoms with Gasteiger partial charge in [-0.1, -0.05) is 6.07 Å². The van der Waals surface area contributed by atoms with Gasteiger partial charge in [0.1, 0.15) is 11.5 Å². The molecule has 3 aromatic rings. The van der Waals surface area contributed by atoms with Crippen molar-refractivity contribution in [3.8, 4) is 17.2 Å². The van der Waals surface area contributed by atoms with Crippen molar-refractivity contribution in [3.05, 3.63) is 65.0 Å². The van der Waals surface area contributed by atoms with Gasteiger partial charge in [-0.05, 0) is 75.2 Å². The normalized spacial score (nSPS) is 15.6. The number of piperazine rings is 1. The van der Waals surface area contributed by atoms with E-state index in [-0.39, 0.29) is 0 Å². The molecule has 0 atom stereocenters. The zero-order chi connectivity index (χ0) is 23.6. The molecule has 0 radical (unpaired) electrons. The summed E-state index contributed by atoms with van der Waals surface area (Å²) in [7, 11) is -3.48. The van der Waals surface area contributed by atoms with Crippen LogP contribution >= 0.6 is 0 Å². The topological polar surface area (TPSA) is 75.9 Å². The predicted octanol–water partition coefficient (Wildman–Crippen LogP) is 4.17. The lowest BCUT2D eigenvalue weighted by Gasteiger charge is -2.33. The van der Waals surface area contributed by atoms with Crippen LogP contribution in [-0.4, -0.2) is 55.4 Å². The van der Waals surface area contributed by atoms with Crippen molar-refractivity contribution in [3.63, 3.8) is 0 Å². The molecule has 176 valence electrons. The number of ether oxygens (including phenoxy) is 1. The van der Waals surface area contributed by atoms with Gasteiger partial charge in [-0.25, -0.2) is 13.4 Å². The zero-order valence-electron chi connectivity index (χ0n) is 19.7. The molecule has 0 spiro atoms. The van der Waals surface area contributed by atoms with Gasteiger partial charge in [0.25, 0.3) is 0 Å². The Bertz CT molecular complexity index is 1210. The molecule has 0 unspecified atom stereocenters. The third-order valence-electron chi connectivity index (χ3n) is 6.13. The van der Waals surface area contributed by atoms with E-state index in [4.69, 9.17) is 14.1 Å². The van der Waals surface area contributed by atoms with E-state index in [2.05, 4.69) is 4.90 Å². The van der Waals surface area contributed by atoms with Crippen molar-refractivity contribution in [1.29, 1.82) is 0 Å². The molecular weight excluding hydrogens is 438 g/mol. The van der Waals surface area contributed by atoms with E-state index >= 15 is 0 Å². The standard InChI is InChI=1S/C25H31N3O4S/c1-5-31-22-9-7-21(8-10-22)25-26-24(20(4)32-25)17-27-12-14-28(15-13-27)33(29,30)23-11-6-18(2)19(3)16-23/h6-11,16H,5,12-15,17H2,1-4H3. The summed E-state index contributed by atoms with van der Waals surface area (Å²) in [6.07, 6.45) is 0. The van der Waals surface area contributed by atoms with Gasteiger partial charge in [-0.2, -0.15) is 4.31 Å². The number of sulfonamides is 1. The highest BCUT2D eigenvalue weighted by atomic mass is 32.2. The van der Waals surface area contributed by atoms with Crippen LogP contribution in [0, 0.1) is 20.8 Å². The molecule has 33 heavy (non-hydrogen) atoms. The van der Waals surface area contributed by atoms with Gasteiger partial charge in [0.05, 0.1) is 17.2 Å². The Morgan fingerprint density at radius 1 is 0.970 bits per heavy atom. The lowest BCUT2D eigenvalue weighted by Crippen LogP contribution is -2.48. The van der Waals surface area contributed by atoms with Gasteiger partial charge in [-0.15, -0.1) is 0 Å². The van der Waals surface area contributed by atoms with Crippen LogP contribution < -0.4 is 4.74 Å². The molecule has 1 aliphatic rings. The van der Waals surface area contributed by atoms with Crippen LogP contribution in [0.4, 0.5) is 0 Å². The highest BCUT2D eigenvalue weighted by molar-refractivity contribution is 7.89. The predicted molar refractivity (Wildman–Crippen MR) is 128 cm³/mol. The van der Waals surface area contributed by atoms with Crippen LogP contribution in [0.25, 0.3) is 11.5 Å². The summed E-state index contributed by atoms with van der Waals surface area (Å²) >= 11 is 0. The summed E-state index contributed by atoms with van der Waals surface area (Å²) in [6.45, 7) is 11.3. The van der Waals surface area contributed by atoms with Crippen molar-refractivity contribution >= 4 is 10.0 Å². The van der Waals surface area contributed by atoms with E-state index in [1.54, 1.807) is 16.4 Å². The smallest absolute Gasteiger partial charge is 0.243 e. The first-order valence-electron chi connectivity index (χ1n) is 11.3. The zero-order valence-corrected chi connectivity index (χ0v) is 20.5. The van der Waals surface area contributed by atoms with Gasteiger partial charge in [0, 0.05) is 38.3 Å². The molecule has 0 amide bonds. The molecule has 1 saturated heterocycles.